The predicted molar refractivity (Wildman–Crippen MR) is 86.4 cm³/mol. The largest absolute Gasteiger partial charge is 0.324 e. The molecule has 3 aromatic rings. The van der Waals surface area contributed by atoms with Crippen molar-refractivity contribution in [1.29, 1.82) is 0 Å². The van der Waals surface area contributed by atoms with Crippen molar-refractivity contribution in [3.05, 3.63) is 71.3 Å². The lowest BCUT2D eigenvalue weighted by Crippen LogP contribution is -2.08. The Labute approximate surface area is 136 Å². The lowest BCUT2D eigenvalue weighted by molar-refractivity contribution is 0.453. The van der Waals surface area contributed by atoms with Crippen LogP contribution >= 0.6 is 0 Å². The maximum Gasteiger partial charge on any atom is 0.195 e. The fourth-order valence-electron chi connectivity index (χ4n) is 2.70. The molecule has 0 fully saturated rings. The number of nitrogens with two attached hydrogens (primary N) is 1. The molecule has 3 aromatic carbocycles. The van der Waals surface area contributed by atoms with Gasteiger partial charge in [-0.3, -0.25) is 0 Å². The molecule has 0 aliphatic rings. The Balaban J connectivity index is 2.12. The van der Waals surface area contributed by atoms with Crippen molar-refractivity contribution < 1.29 is 17.6 Å². The molecule has 5 heteroatoms. The summed E-state index contributed by atoms with van der Waals surface area (Å²) in [5, 5.41) is 0.111. The normalized spacial score (nSPS) is 12.6. The van der Waals surface area contributed by atoms with E-state index >= 15 is 0 Å². The van der Waals surface area contributed by atoms with Gasteiger partial charge in [-0.1, -0.05) is 31.2 Å². The molecule has 0 amide bonds. The van der Waals surface area contributed by atoms with Crippen molar-refractivity contribution in [3.8, 4) is 11.1 Å². The number of rotatable bonds is 3. The Kier molecular flexibility index (Phi) is 4.28. The molecule has 0 radical (unpaired) electrons. The first-order chi connectivity index (χ1) is 11.4. The number of fused-ring (bicyclic) bond motifs is 1. The molecule has 3 rings (SSSR count). The Hall–Kier alpha value is -2.40. The molecule has 24 heavy (non-hydrogen) atoms. The van der Waals surface area contributed by atoms with E-state index in [1.54, 1.807) is 12.1 Å². The quantitative estimate of drug-likeness (QED) is 0.499. The van der Waals surface area contributed by atoms with Crippen LogP contribution in [-0.2, 0) is 0 Å². The Morgan fingerprint density at radius 3 is 2.29 bits per heavy atom. The van der Waals surface area contributed by atoms with E-state index < -0.39 is 23.3 Å². The lowest BCUT2D eigenvalue weighted by atomic mass is 9.97. The van der Waals surface area contributed by atoms with Crippen LogP contribution in [-0.4, -0.2) is 0 Å². The van der Waals surface area contributed by atoms with Gasteiger partial charge in [-0.25, -0.2) is 17.6 Å². The molecule has 1 nitrogen and oxygen atoms in total. The zero-order valence-electron chi connectivity index (χ0n) is 12.9. The Morgan fingerprint density at radius 2 is 1.62 bits per heavy atom. The second-order valence-electron chi connectivity index (χ2n) is 5.68. The average Bonchev–Trinajstić information content (AvgIpc) is 2.58. The SMILES string of the molecule is CCC(N)c1ccc(-c2ccc3c(F)c(F)c(F)cc3c2)c(F)c1. The van der Waals surface area contributed by atoms with Crippen LogP contribution in [0.1, 0.15) is 24.9 Å². The summed E-state index contributed by atoms with van der Waals surface area (Å²) in [6.45, 7) is 1.90. The van der Waals surface area contributed by atoms with Gasteiger partial charge < -0.3 is 5.73 Å². The van der Waals surface area contributed by atoms with Gasteiger partial charge >= 0.3 is 0 Å². The monoisotopic (exact) mass is 333 g/mol. The van der Waals surface area contributed by atoms with Crippen LogP contribution in [0.15, 0.2) is 42.5 Å². The van der Waals surface area contributed by atoms with Gasteiger partial charge in [-0.05, 0) is 41.1 Å². The third-order valence-electron chi connectivity index (χ3n) is 4.14. The molecule has 0 heterocycles. The fourth-order valence-corrected chi connectivity index (χ4v) is 2.70. The van der Waals surface area contributed by atoms with Gasteiger partial charge in [-0.15, -0.1) is 0 Å². The van der Waals surface area contributed by atoms with E-state index in [1.165, 1.54) is 24.3 Å². The standard InChI is InChI=1S/C19H15F4N/c1-2-17(24)11-4-5-13(15(20)8-11)10-3-6-14-12(7-10)9-16(21)19(23)18(14)22/h3-9,17H,2,24H2,1H3. The fraction of sp³-hybridized carbons (Fsp3) is 0.158. The number of hydrogen-bond acceptors (Lipinski definition) is 1. The van der Waals surface area contributed by atoms with Gasteiger partial charge in [0.05, 0.1) is 0 Å². The zero-order chi connectivity index (χ0) is 17.4. The second kappa shape index (κ2) is 6.24. The van der Waals surface area contributed by atoms with Crippen molar-refractivity contribution in [2.75, 3.05) is 0 Å². The molecule has 1 atom stereocenters. The van der Waals surface area contributed by atoms with E-state index in [0.717, 1.165) is 6.07 Å². The van der Waals surface area contributed by atoms with Gasteiger partial charge in [0.15, 0.2) is 17.5 Å². The van der Waals surface area contributed by atoms with Crippen LogP contribution < -0.4 is 5.73 Å². The first-order valence-corrected chi connectivity index (χ1v) is 7.55. The second-order valence-corrected chi connectivity index (χ2v) is 5.68. The molecule has 0 bridgehead atoms. The minimum absolute atomic E-state index is 0.0531. The first kappa shape index (κ1) is 16.5. The smallest absolute Gasteiger partial charge is 0.195 e. The van der Waals surface area contributed by atoms with Crippen LogP contribution in [0, 0.1) is 23.3 Å². The summed E-state index contributed by atoms with van der Waals surface area (Å²) in [6, 6.07) is 9.53. The van der Waals surface area contributed by atoms with Crippen LogP contribution in [0.4, 0.5) is 17.6 Å². The molecule has 1 unspecified atom stereocenters. The van der Waals surface area contributed by atoms with Crippen molar-refractivity contribution >= 4 is 10.8 Å². The van der Waals surface area contributed by atoms with E-state index in [-0.39, 0.29) is 22.4 Å². The molecule has 0 aliphatic heterocycles. The molecular weight excluding hydrogens is 318 g/mol. The first-order valence-electron chi connectivity index (χ1n) is 7.55. The van der Waals surface area contributed by atoms with Crippen LogP contribution in [0.2, 0.25) is 0 Å². The number of halogens is 4. The van der Waals surface area contributed by atoms with E-state index in [1.807, 2.05) is 6.92 Å². The number of hydrogen-bond donors (Lipinski definition) is 1. The Bertz CT molecular complexity index is 921. The van der Waals surface area contributed by atoms with Crippen LogP contribution in [0.3, 0.4) is 0 Å². The molecule has 2 N–H and O–H groups in total. The van der Waals surface area contributed by atoms with Gasteiger partial charge in [0.25, 0.3) is 0 Å². The predicted octanol–water partition coefficient (Wildman–Crippen LogP) is 5.47. The van der Waals surface area contributed by atoms with E-state index in [0.29, 0.717) is 17.5 Å². The molecule has 0 saturated heterocycles. The third kappa shape index (κ3) is 2.76. The molecule has 0 spiro atoms. The molecule has 124 valence electrons. The van der Waals surface area contributed by atoms with Crippen molar-refractivity contribution in [2.24, 2.45) is 5.73 Å². The average molecular weight is 333 g/mol. The highest BCUT2D eigenvalue weighted by atomic mass is 19.2. The highest BCUT2D eigenvalue weighted by Crippen LogP contribution is 2.30. The molecule has 0 aromatic heterocycles. The minimum atomic E-state index is -1.51. The number of benzene rings is 3. The summed E-state index contributed by atoms with van der Waals surface area (Å²) in [5.41, 5.74) is 7.30. The summed E-state index contributed by atoms with van der Waals surface area (Å²) in [4.78, 5) is 0. The summed E-state index contributed by atoms with van der Waals surface area (Å²) in [5.74, 6) is -4.51. The summed E-state index contributed by atoms with van der Waals surface area (Å²) in [6.07, 6.45) is 0.679. The highest BCUT2D eigenvalue weighted by molar-refractivity contribution is 5.88. The van der Waals surface area contributed by atoms with Gasteiger partial charge in [0.2, 0.25) is 0 Å². The third-order valence-corrected chi connectivity index (χ3v) is 4.14. The van der Waals surface area contributed by atoms with Crippen molar-refractivity contribution in [3.63, 3.8) is 0 Å². The van der Waals surface area contributed by atoms with Crippen molar-refractivity contribution in [2.45, 2.75) is 19.4 Å². The summed E-state index contributed by atoms with van der Waals surface area (Å²) in [7, 11) is 0. The van der Waals surface area contributed by atoms with Crippen LogP contribution in [0.5, 0.6) is 0 Å². The van der Waals surface area contributed by atoms with E-state index in [9.17, 15) is 17.6 Å². The van der Waals surface area contributed by atoms with E-state index in [2.05, 4.69) is 0 Å². The topological polar surface area (TPSA) is 26.0 Å². The highest BCUT2D eigenvalue weighted by Gasteiger charge is 2.15. The maximum atomic E-state index is 14.4. The summed E-state index contributed by atoms with van der Waals surface area (Å²) >= 11 is 0. The van der Waals surface area contributed by atoms with Gasteiger partial charge in [0, 0.05) is 17.0 Å². The van der Waals surface area contributed by atoms with Crippen LogP contribution in [0.25, 0.3) is 21.9 Å². The molecule has 0 aliphatic carbocycles. The zero-order valence-corrected chi connectivity index (χ0v) is 12.9. The summed E-state index contributed by atoms with van der Waals surface area (Å²) < 4.78 is 54.8. The van der Waals surface area contributed by atoms with Gasteiger partial charge in [-0.2, -0.15) is 0 Å². The van der Waals surface area contributed by atoms with Crippen molar-refractivity contribution in [1.82, 2.24) is 0 Å². The lowest BCUT2D eigenvalue weighted by Gasteiger charge is -2.12. The van der Waals surface area contributed by atoms with Gasteiger partial charge in [0.1, 0.15) is 5.82 Å². The minimum Gasteiger partial charge on any atom is -0.324 e. The molecular formula is C19H15F4N. The van der Waals surface area contributed by atoms with E-state index in [4.69, 9.17) is 5.73 Å². The Morgan fingerprint density at radius 1 is 0.875 bits per heavy atom. The maximum absolute atomic E-state index is 14.4. The molecule has 0 saturated carbocycles.